The van der Waals surface area contributed by atoms with Gasteiger partial charge in [-0.15, -0.1) is 5.12 Å². The first kappa shape index (κ1) is 35.3. The molecule has 0 bridgehead atoms. The van der Waals surface area contributed by atoms with E-state index in [0.717, 1.165) is 0 Å². The van der Waals surface area contributed by atoms with Crippen molar-refractivity contribution in [1.82, 2.24) is 15.1 Å². The van der Waals surface area contributed by atoms with Gasteiger partial charge in [0.05, 0.1) is 0 Å². The molecule has 0 aliphatic carbocycles. The summed E-state index contributed by atoms with van der Waals surface area (Å²) in [6.45, 7) is 13.3. The number of hydrogen-bond acceptors (Lipinski definition) is 6. The smallest absolute Gasteiger partial charge is 0.350 e. The Bertz CT molecular complexity index is 1220. The second kappa shape index (κ2) is 13.6. The fraction of sp³-hybridized carbons (Fsp3) is 0.353. The summed E-state index contributed by atoms with van der Waals surface area (Å²) in [5, 5.41) is 0.991. The Hall–Kier alpha value is -4.86. The lowest BCUT2D eigenvalue weighted by Gasteiger charge is -2.35. The third-order valence-electron chi connectivity index (χ3n) is 7.76. The van der Waals surface area contributed by atoms with Gasteiger partial charge in [0.2, 0.25) is 0 Å². The van der Waals surface area contributed by atoms with Crippen LogP contribution in [0, 0.1) is 21.7 Å². The predicted molar refractivity (Wildman–Crippen MR) is 168 cm³/mol. The highest BCUT2D eigenvalue weighted by Crippen LogP contribution is 2.57. The van der Waals surface area contributed by atoms with Crippen LogP contribution in [0.2, 0.25) is 0 Å². The molecule has 0 saturated carbocycles. The molecule has 0 aromatic heterocycles. The Kier molecular flexibility index (Phi) is 10.9. The number of rotatable bonds is 10. The molecule has 0 spiro atoms. The van der Waals surface area contributed by atoms with Crippen LogP contribution in [-0.2, 0) is 28.8 Å². The van der Waals surface area contributed by atoms with E-state index in [0.29, 0.717) is 10.0 Å². The number of carbonyl (C=O) groups is 6. The molecule has 2 aliphatic heterocycles. The second-order valence-electron chi connectivity index (χ2n) is 10.3. The van der Waals surface area contributed by atoms with Crippen LogP contribution in [0.25, 0.3) is 0 Å². The van der Waals surface area contributed by atoms with Gasteiger partial charge in [0.1, 0.15) is 21.7 Å². The van der Waals surface area contributed by atoms with E-state index in [9.17, 15) is 28.8 Å². The minimum Gasteiger partial charge on any atom is -0.361 e. The number of imide groups is 2. The normalized spacial score (nSPS) is 30.3. The maximum atomic E-state index is 14.6. The Labute approximate surface area is 259 Å². The molecular formula is C34H42N4O6. The van der Waals surface area contributed by atoms with E-state index in [-0.39, 0.29) is 5.12 Å². The van der Waals surface area contributed by atoms with Crippen LogP contribution < -0.4 is 5.73 Å². The number of amides is 6. The van der Waals surface area contributed by atoms with Crippen molar-refractivity contribution in [1.29, 1.82) is 0 Å². The van der Waals surface area contributed by atoms with E-state index in [1.54, 1.807) is 104 Å². The molecule has 2 heterocycles. The number of nitrogens with two attached hydrogens (primary N) is 1. The van der Waals surface area contributed by atoms with E-state index < -0.39 is 57.1 Å². The molecule has 2 saturated heterocycles. The van der Waals surface area contributed by atoms with E-state index in [2.05, 4.69) is 0 Å². The predicted octanol–water partition coefficient (Wildman–Crippen LogP) is 4.42. The van der Waals surface area contributed by atoms with Gasteiger partial charge in [0.25, 0.3) is 23.6 Å². The molecule has 0 atom stereocenters. The van der Waals surface area contributed by atoms with Crippen molar-refractivity contribution in [2.45, 2.75) is 55.4 Å². The van der Waals surface area contributed by atoms with E-state index >= 15 is 0 Å². The molecule has 0 unspecified atom stereocenters. The Morgan fingerprint density at radius 3 is 0.795 bits per heavy atom. The van der Waals surface area contributed by atoms with Crippen molar-refractivity contribution in [3.63, 3.8) is 0 Å². The molecule has 234 valence electrons. The number of hydrogen-bond donors (Lipinski definition) is 1. The molecule has 10 heteroatoms. The molecule has 2 fully saturated rings. The molecule has 44 heavy (non-hydrogen) atoms. The summed E-state index contributed by atoms with van der Waals surface area (Å²) in [5.74, 6) is -7.17. The summed E-state index contributed by atoms with van der Waals surface area (Å²) in [6, 6.07) is 0. The molecular weight excluding hydrogens is 560 g/mol. The number of hydrazine groups is 2. The molecule has 10 nitrogen and oxygen atoms in total. The van der Waals surface area contributed by atoms with Gasteiger partial charge in [-0.25, -0.2) is 0 Å². The highest BCUT2D eigenvalue weighted by Gasteiger charge is 2.72. The summed E-state index contributed by atoms with van der Waals surface area (Å²) in [7, 11) is 0. The molecule has 2 aliphatic rings. The Morgan fingerprint density at radius 1 is 0.477 bits per heavy atom. The maximum Gasteiger partial charge on any atom is 0.350 e. The fourth-order valence-electron chi connectivity index (χ4n) is 6.31. The first-order chi connectivity index (χ1) is 20.8. The average Bonchev–Trinajstić information content (AvgIpc) is 3.23. The van der Waals surface area contributed by atoms with E-state index in [4.69, 9.17) is 5.73 Å². The number of carbonyl (C=O) groups excluding carboxylic acids is 6. The van der Waals surface area contributed by atoms with Crippen molar-refractivity contribution in [2.75, 3.05) is 0 Å². The van der Waals surface area contributed by atoms with Crippen LogP contribution in [0.4, 0.5) is 0 Å². The summed E-state index contributed by atoms with van der Waals surface area (Å²) in [5.41, 5.74) is -1.54. The van der Waals surface area contributed by atoms with Gasteiger partial charge in [-0.05, 0) is 55.4 Å². The lowest BCUT2D eigenvalue weighted by atomic mass is 9.63. The molecule has 6 amide bonds. The molecule has 2 N–H and O–H groups in total. The monoisotopic (exact) mass is 602 g/mol. The van der Waals surface area contributed by atoms with Crippen LogP contribution in [0.15, 0.2) is 97.2 Å². The standard InChI is InChI=1S/C34H42N4O6/c1-9-17-31(18-10-2)27(41)36(28(42)32(31,19-11-3)20-12-4)38(26(40)25(35)39)37-29(43)33(21-13-5,22-14-6)34(23-15-7,24-16-8)30(37)44/h9-24H,1-8H3,(H2,35,39). The lowest BCUT2D eigenvalue weighted by Crippen LogP contribution is -2.63. The third-order valence-corrected chi connectivity index (χ3v) is 7.76. The van der Waals surface area contributed by atoms with Crippen molar-refractivity contribution in [2.24, 2.45) is 27.4 Å². The largest absolute Gasteiger partial charge is 0.361 e. The van der Waals surface area contributed by atoms with Gasteiger partial charge in [-0.1, -0.05) is 97.2 Å². The molecule has 2 rings (SSSR count). The maximum absolute atomic E-state index is 14.6. The van der Waals surface area contributed by atoms with Crippen molar-refractivity contribution in [3.05, 3.63) is 97.2 Å². The van der Waals surface area contributed by atoms with Gasteiger partial charge in [0, 0.05) is 0 Å². The summed E-state index contributed by atoms with van der Waals surface area (Å²) >= 11 is 0. The number of allylic oxidation sites excluding steroid dienone is 8. The van der Waals surface area contributed by atoms with E-state index in [1.165, 1.54) is 48.6 Å². The minimum atomic E-state index is -1.75. The molecule has 0 aromatic carbocycles. The highest BCUT2D eigenvalue weighted by molar-refractivity contribution is 6.36. The van der Waals surface area contributed by atoms with Crippen molar-refractivity contribution >= 4 is 35.4 Å². The van der Waals surface area contributed by atoms with Gasteiger partial charge >= 0.3 is 11.8 Å². The van der Waals surface area contributed by atoms with Gasteiger partial charge in [-0.3, -0.25) is 28.8 Å². The number of primary amides is 1. The summed E-state index contributed by atoms with van der Waals surface area (Å²) < 4.78 is 0. The topological polar surface area (TPSA) is 138 Å². The van der Waals surface area contributed by atoms with Gasteiger partial charge in [0.15, 0.2) is 0 Å². The van der Waals surface area contributed by atoms with Crippen molar-refractivity contribution in [3.8, 4) is 0 Å². The Morgan fingerprint density at radius 2 is 0.659 bits per heavy atom. The summed E-state index contributed by atoms with van der Waals surface area (Å²) in [6.07, 6.45) is 24.6. The SMILES string of the molecule is CC=CC1(C=CC)C(=O)N(N(C(=O)C(N)=O)N2C(=O)C(C=CC)(C=CC)C(C=CC)(C=CC)C2=O)C(=O)C1(C=CC)C=CC. The van der Waals surface area contributed by atoms with E-state index in [1.807, 2.05) is 0 Å². The quantitative estimate of drug-likeness (QED) is 0.223. The van der Waals surface area contributed by atoms with Crippen LogP contribution in [0.1, 0.15) is 55.4 Å². The third kappa shape index (κ3) is 4.74. The lowest BCUT2D eigenvalue weighted by molar-refractivity contribution is -0.205. The van der Waals surface area contributed by atoms with Gasteiger partial charge in [-0.2, -0.15) is 10.0 Å². The highest BCUT2D eigenvalue weighted by atomic mass is 16.3. The zero-order valence-corrected chi connectivity index (χ0v) is 26.6. The van der Waals surface area contributed by atoms with Crippen molar-refractivity contribution < 1.29 is 28.8 Å². The zero-order chi connectivity index (χ0) is 33.5. The second-order valence-corrected chi connectivity index (χ2v) is 10.3. The van der Waals surface area contributed by atoms with Crippen LogP contribution in [0.3, 0.4) is 0 Å². The number of nitrogens with zero attached hydrogens (tertiary/aromatic N) is 3. The van der Waals surface area contributed by atoms with Crippen LogP contribution in [-0.4, -0.2) is 50.6 Å². The van der Waals surface area contributed by atoms with Crippen LogP contribution >= 0.6 is 0 Å². The summed E-state index contributed by atoms with van der Waals surface area (Å²) in [4.78, 5) is 84.8. The fourth-order valence-corrected chi connectivity index (χ4v) is 6.31. The first-order valence-corrected chi connectivity index (χ1v) is 14.4. The first-order valence-electron chi connectivity index (χ1n) is 14.4. The van der Waals surface area contributed by atoms with Crippen LogP contribution in [0.5, 0.6) is 0 Å². The zero-order valence-electron chi connectivity index (χ0n) is 26.6. The Balaban J connectivity index is 3.21. The van der Waals surface area contributed by atoms with Gasteiger partial charge < -0.3 is 5.73 Å². The molecule has 0 radical (unpaired) electrons. The molecule has 0 aromatic rings. The minimum absolute atomic E-state index is 0.213. The average molecular weight is 603 g/mol.